The van der Waals surface area contributed by atoms with Crippen molar-refractivity contribution in [2.24, 2.45) is 18.9 Å². The van der Waals surface area contributed by atoms with Crippen molar-refractivity contribution >= 4 is 11.5 Å². The Morgan fingerprint density at radius 2 is 2.32 bits per heavy atom. The monoisotopic (exact) mass is 266 g/mol. The molecular weight excluding hydrogens is 244 g/mol. The lowest BCUT2D eigenvalue weighted by Gasteiger charge is -2.34. The van der Waals surface area contributed by atoms with Gasteiger partial charge < -0.3 is 4.90 Å². The second-order valence-electron chi connectivity index (χ2n) is 5.82. The maximum absolute atomic E-state index is 11.1. The Hall–Kier alpha value is -1.59. The molecule has 0 amide bonds. The summed E-state index contributed by atoms with van der Waals surface area (Å²) >= 11 is 0. The number of aromatic nitrogens is 2. The Morgan fingerprint density at radius 1 is 1.58 bits per heavy atom. The van der Waals surface area contributed by atoms with Crippen LogP contribution in [0.3, 0.4) is 0 Å². The lowest BCUT2D eigenvalue weighted by molar-refractivity contribution is -0.384. The molecule has 0 aromatic carbocycles. The molecule has 1 fully saturated rings. The van der Waals surface area contributed by atoms with E-state index < -0.39 is 0 Å². The van der Waals surface area contributed by atoms with Crippen LogP contribution in [0.5, 0.6) is 0 Å². The minimum atomic E-state index is -0.339. The molecule has 6 nitrogen and oxygen atoms in total. The average molecular weight is 266 g/mol. The summed E-state index contributed by atoms with van der Waals surface area (Å²) in [6.45, 7) is 6.24. The fraction of sp³-hybridized carbons (Fsp3) is 0.769. The molecule has 19 heavy (non-hydrogen) atoms. The SMILES string of the molecule is CC(C)C[C@@H]1CCCN(c2c([N+](=O)[O-])cnn2C)C1. The zero-order chi connectivity index (χ0) is 14.0. The van der Waals surface area contributed by atoms with Crippen LogP contribution in [-0.4, -0.2) is 27.8 Å². The van der Waals surface area contributed by atoms with Crippen molar-refractivity contribution in [1.82, 2.24) is 9.78 Å². The molecule has 2 rings (SSSR count). The molecule has 0 bridgehead atoms. The van der Waals surface area contributed by atoms with E-state index in [4.69, 9.17) is 0 Å². The maximum Gasteiger partial charge on any atom is 0.331 e. The molecule has 0 unspecified atom stereocenters. The van der Waals surface area contributed by atoms with Gasteiger partial charge in [-0.25, -0.2) is 4.68 Å². The Labute approximate surface area is 113 Å². The predicted octanol–water partition coefficient (Wildman–Crippen LogP) is 2.59. The largest absolute Gasteiger partial charge is 0.351 e. The zero-order valence-electron chi connectivity index (χ0n) is 11.9. The minimum Gasteiger partial charge on any atom is -0.351 e. The molecule has 1 aliphatic rings. The molecule has 6 heteroatoms. The normalized spacial score (nSPS) is 20.0. The fourth-order valence-corrected chi connectivity index (χ4v) is 3.03. The van der Waals surface area contributed by atoms with Gasteiger partial charge in [0, 0.05) is 20.1 Å². The minimum absolute atomic E-state index is 0.118. The third-order valence-corrected chi connectivity index (χ3v) is 3.71. The van der Waals surface area contributed by atoms with Gasteiger partial charge in [-0.15, -0.1) is 0 Å². The molecule has 1 saturated heterocycles. The van der Waals surface area contributed by atoms with E-state index in [-0.39, 0.29) is 10.6 Å². The van der Waals surface area contributed by atoms with Crippen molar-refractivity contribution in [2.75, 3.05) is 18.0 Å². The van der Waals surface area contributed by atoms with Crippen LogP contribution >= 0.6 is 0 Å². The van der Waals surface area contributed by atoms with Gasteiger partial charge in [0.15, 0.2) is 0 Å². The standard InChI is InChI=1S/C13H22N4O2/c1-10(2)7-11-5-4-6-16(9-11)13-12(17(18)19)8-14-15(13)3/h8,10-11H,4-7,9H2,1-3H3/t11-/m0/s1. The van der Waals surface area contributed by atoms with Crippen LogP contribution in [0.15, 0.2) is 6.20 Å². The summed E-state index contributed by atoms with van der Waals surface area (Å²) in [5, 5.41) is 15.1. The summed E-state index contributed by atoms with van der Waals surface area (Å²) < 4.78 is 1.62. The second-order valence-corrected chi connectivity index (χ2v) is 5.82. The van der Waals surface area contributed by atoms with E-state index in [0.29, 0.717) is 17.7 Å². The molecule has 0 aliphatic carbocycles. The quantitative estimate of drug-likeness (QED) is 0.620. The highest BCUT2D eigenvalue weighted by Gasteiger charge is 2.29. The number of nitrogens with zero attached hydrogens (tertiary/aromatic N) is 4. The van der Waals surface area contributed by atoms with Gasteiger partial charge in [-0.2, -0.15) is 5.10 Å². The van der Waals surface area contributed by atoms with Crippen LogP contribution in [0, 0.1) is 22.0 Å². The smallest absolute Gasteiger partial charge is 0.331 e. The summed E-state index contributed by atoms with van der Waals surface area (Å²) in [6.07, 6.45) is 4.85. The van der Waals surface area contributed by atoms with E-state index in [0.717, 1.165) is 19.5 Å². The first kappa shape index (κ1) is 13.8. The Morgan fingerprint density at radius 3 is 2.95 bits per heavy atom. The highest BCUT2D eigenvalue weighted by Crippen LogP contribution is 2.32. The number of aryl methyl sites for hydroxylation is 1. The zero-order valence-corrected chi connectivity index (χ0v) is 11.9. The first-order valence-electron chi connectivity index (χ1n) is 6.90. The first-order chi connectivity index (χ1) is 8.99. The lowest BCUT2D eigenvalue weighted by atomic mass is 9.90. The molecule has 1 aliphatic heterocycles. The summed E-state index contributed by atoms with van der Waals surface area (Å²) in [6, 6.07) is 0. The number of anilines is 1. The number of hydrogen-bond donors (Lipinski definition) is 0. The van der Waals surface area contributed by atoms with Gasteiger partial charge in [-0.05, 0) is 31.1 Å². The topological polar surface area (TPSA) is 64.2 Å². The van der Waals surface area contributed by atoms with Crippen molar-refractivity contribution in [1.29, 1.82) is 0 Å². The Balaban J connectivity index is 2.17. The van der Waals surface area contributed by atoms with Gasteiger partial charge in [0.1, 0.15) is 6.20 Å². The Kier molecular flexibility index (Phi) is 4.07. The third kappa shape index (κ3) is 3.05. The lowest BCUT2D eigenvalue weighted by Crippen LogP contribution is -2.37. The highest BCUT2D eigenvalue weighted by molar-refractivity contribution is 5.57. The molecule has 0 saturated carbocycles. The molecule has 1 aromatic rings. The second kappa shape index (κ2) is 5.59. The summed E-state index contributed by atoms with van der Waals surface area (Å²) in [5.41, 5.74) is 0.118. The van der Waals surface area contributed by atoms with E-state index in [9.17, 15) is 10.1 Å². The van der Waals surface area contributed by atoms with Crippen molar-refractivity contribution < 1.29 is 4.92 Å². The van der Waals surface area contributed by atoms with E-state index >= 15 is 0 Å². The summed E-state index contributed by atoms with van der Waals surface area (Å²) in [4.78, 5) is 12.9. The van der Waals surface area contributed by atoms with Crippen molar-refractivity contribution in [3.05, 3.63) is 16.3 Å². The van der Waals surface area contributed by atoms with E-state index in [1.807, 2.05) is 0 Å². The van der Waals surface area contributed by atoms with E-state index in [2.05, 4.69) is 23.8 Å². The van der Waals surface area contributed by atoms with Gasteiger partial charge in [-0.1, -0.05) is 13.8 Å². The molecule has 0 spiro atoms. The van der Waals surface area contributed by atoms with Gasteiger partial charge in [0.05, 0.1) is 4.92 Å². The molecule has 1 atom stereocenters. The summed E-state index contributed by atoms with van der Waals surface area (Å²) in [7, 11) is 1.77. The predicted molar refractivity (Wildman–Crippen MR) is 74.3 cm³/mol. The molecule has 2 heterocycles. The molecule has 0 N–H and O–H groups in total. The number of hydrogen-bond acceptors (Lipinski definition) is 4. The van der Waals surface area contributed by atoms with Crippen molar-refractivity contribution in [2.45, 2.75) is 33.1 Å². The van der Waals surface area contributed by atoms with Crippen LogP contribution in [0.4, 0.5) is 11.5 Å². The van der Waals surface area contributed by atoms with E-state index in [1.165, 1.54) is 19.0 Å². The maximum atomic E-state index is 11.1. The van der Waals surface area contributed by atoms with Crippen molar-refractivity contribution in [3.8, 4) is 0 Å². The van der Waals surface area contributed by atoms with Gasteiger partial charge in [0.2, 0.25) is 5.82 Å². The first-order valence-corrected chi connectivity index (χ1v) is 6.90. The average Bonchev–Trinajstić information content (AvgIpc) is 2.70. The van der Waals surface area contributed by atoms with Crippen LogP contribution in [0.2, 0.25) is 0 Å². The molecule has 0 radical (unpaired) electrons. The number of piperidine rings is 1. The highest BCUT2D eigenvalue weighted by atomic mass is 16.6. The molecule has 106 valence electrons. The number of nitro groups is 1. The van der Waals surface area contributed by atoms with Crippen LogP contribution in [-0.2, 0) is 7.05 Å². The Bertz CT molecular complexity index is 455. The van der Waals surface area contributed by atoms with Gasteiger partial charge in [0.25, 0.3) is 0 Å². The van der Waals surface area contributed by atoms with Crippen molar-refractivity contribution in [3.63, 3.8) is 0 Å². The van der Waals surface area contributed by atoms with E-state index in [1.54, 1.807) is 11.7 Å². The van der Waals surface area contributed by atoms with Crippen LogP contribution in [0.25, 0.3) is 0 Å². The van der Waals surface area contributed by atoms with Crippen LogP contribution < -0.4 is 4.90 Å². The molecular formula is C13H22N4O2. The van der Waals surface area contributed by atoms with Crippen LogP contribution in [0.1, 0.15) is 33.1 Å². The van der Waals surface area contributed by atoms with Gasteiger partial charge in [-0.3, -0.25) is 10.1 Å². The fourth-order valence-electron chi connectivity index (χ4n) is 3.03. The van der Waals surface area contributed by atoms with Gasteiger partial charge >= 0.3 is 5.69 Å². The number of rotatable bonds is 4. The molecule has 1 aromatic heterocycles. The summed E-state index contributed by atoms with van der Waals surface area (Å²) in [5.74, 6) is 1.95. The third-order valence-electron chi connectivity index (χ3n) is 3.71.